The van der Waals surface area contributed by atoms with Gasteiger partial charge in [-0.25, -0.2) is 4.79 Å². The number of aromatic hydroxyl groups is 1. The molecule has 300 valence electrons. The van der Waals surface area contributed by atoms with E-state index in [4.69, 9.17) is 0 Å². The van der Waals surface area contributed by atoms with Gasteiger partial charge in [0, 0.05) is 94.4 Å². The Labute approximate surface area is 340 Å². The molecule has 3 aliphatic heterocycles. The van der Waals surface area contributed by atoms with Gasteiger partial charge in [0.2, 0.25) is 5.91 Å². The number of carbonyl (C=O) groups excluding carboxylic acids is 1. The third kappa shape index (κ3) is 8.07. The van der Waals surface area contributed by atoms with Crippen molar-refractivity contribution in [3.63, 3.8) is 0 Å². The van der Waals surface area contributed by atoms with Crippen LogP contribution in [0, 0.1) is 11.8 Å². The number of fused-ring (bicyclic) bond motifs is 1. The molecule has 5 aromatic rings. The van der Waals surface area contributed by atoms with Crippen LogP contribution in [0.3, 0.4) is 0 Å². The van der Waals surface area contributed by atoms with E-state index in [2.05, 4.69) is 85.2 Å². The fourth-order valence-electron chi connectivity index (χ4n) is 10.1. The number of nitrogens with one attached hydrogen (secondary N) is 1. The molecule has 4 aromatic carbocycles. The van der Waals surface area contributed by atoms with Gasteiger partial charge in [-0.2, -0.15) is 0 Å². The number of piperazine rings is 1. The maximum absolute atomic E-state index is 13.7. The van der Waals surface area contributed by atoms with Crippen LogP contribution in [0.15, 0.2) is 119 Å². The minimum Gasteiger partial charge on any atom is -0.508 e. The van der Waals surface area contributed by atoms with Gasteiger partial charge >= 0.3 is 5.69 Å². The highest BCUT2D eigenvalue weighted by molar-refractivity contribution is 5.79. The van der Waals surface area contributed by atoms with E-state index in [0.717, 1.165) is 109 Å². The first-order valence-corrected chi connectivity index (χ1v) is 21.3. The average Bonchev–Trinajstić information content (AvgIpc) is 3.27. The number of rotatable bonds is 8. The molecule has 1 aliphatic carbocycles. The van der Waals surface area contributed by atoms with Crippen molar-refractivity contribution in [1.82, 2.24) is 19.4 Å². The number of hydrogen-bond donors (Lipinski definition) is 2. The number of H-pyrrole nitrogens is 1. The second-order valence-corrected chi connectivity index (χ2v) is 16.8. The number of aromatic amines is 1. The van der Waals surface area contributed by atoms with E-state index >= 15 is 0 Å². The average molecular weight is 779 g/mol. The fourth-order valence-corrected chi connectivity index (χ4v) is 10.1. The molecule has 3 saturated heterocycles. The van der Waals surface area contributed by atoms with Crippen LogP contribution in [0.4, 0.5) is 11.4 Å². The number of benzene rings is 4. The summed E-state index contributed by atoms with van der Waals surface area (Å²) < 4.78 is 1.44. The molecule has 0 spiro atoms. The van der Waals surface area contributed by atoms with E-state index in [-0.39, 0.29) is 11.8 Å². The number of aryl methyl sites for hydroxylation is 1. The molecule has 4 aliphatic rings. The fraction of sp³-hybridized carbons (Fsp3) is 0.396. The Hall–Kier alpha value is -5.61. The lowest BCUT2D eigenvalue weighted by Crippen LogP contribution is -2.50. The highest BCUT2D eigenvalue weighted by Gasteiger charge is 2.34. The predicted octanol–water partition coefficient (Wildman–Crippen LogP) is 6.37. The highest BCUT2D eigenvalue weighted by Crippen LogP contribution is 2.47. The Morgan fingerprint density at radius 1 is 0.655 bits per heavy atom. The Bertz CT molecular complexity index is 2300. The molecule has 9 rings (SSSR count). The van der Waals surface area contributed by atoms with Gasteiger partial charge in [-0.3, -0.25) is 24.0 Å². The zero-order valence-electron chi connectivity index (χ0n) is 33.2. The summed E-state index contributed by atoms with van der Waals surface area (Å²) in [6.07, 6.45) is 7.46. The molecule has 1 aromatic heterocycles. The van der Waals surface area contributed by atoms with Crippen LogP contribution in [0.2, 0.25) is 0 Å². The predicted molar refractivity (Wildman–Crippen MR) is 229 cm³/mol. The van der Waals surface area contributed by atoms with Crippen LogP contribution in [0.5, 0.6) is 5.75 Å². The summed E-state index contributed by atoms with van der Waals surface area (Å²) >= 11 is 0. The van der Waals surface area contributed by atoms with Crippen molar-refractivity contribution in [1.29, 1.82) is 0 Å². The smallest absolute Gasteiger partial charge is 0.332 e. The van der Waals surface area contributed by atoms with Crippen molar-refractivity contribution in [2.75, 3.05) is 68.7 Å². The normalized spacial score (nSPS) is 20.9. The molecule has 2 atom stereocenters. The number of aromatic nitrogens is 2. The number of hydrogen-bond acceptors (Lipinski definition) is 7. The minimum atomic E-state index is -0.438. The van der Waals surface area contributed by atoms with Crippen molar-refractivity contribution >= 4 is 17.3 Å². The Morgan fingerprint density at radius 2 is 1.31 bits per heavy atom. The molecule has 2 N–H and O–H groups in total. The van der Waals surface area contributed by atoms with Crippen LogP contribution in [-0.4, -0.2) is 89.3 Å². The molecule has 0 saturated carbocycles. The molecule has 1 amide bonds. The first-order valence-electron chi connectivity index (χ1n) is 21.3. The van der Waals surface area contributed by atoms with Crippen molar-refractivity contribution < 1.29 is 9.90 Å². The molecule has 4 heterocycles. The van der Waals surface area contributed by atoms with Gasteiger partial charge in [0.1, 0.15) is 5.75 Å². The van der Waals surface area contributed by atoms with Crippen molar-refractivity contribution in [3.8, 4) is 11.4 Å². The summed E-state index contributed by atoms with van der Waals surface area (Å²) in [4.78, 5) is 49.2. The van der Waals surface area contributed by atoms with Crippen molar-refractivity contribution in [2.45, 2.75) is 50.4 Å². The zero-order valence-corrected chi connectivity index (χ0v) is 33.2. The number of phenolic OH excluding ortho intramolecular Hbond substituents is 1. The van der Waals surface area contributed by atoms with E-state index in [1.54, 1.807) is 0 Å². The van der Waals surface area contributed by atoms with E-state index in [0.29, 0.717) is 23.5 Å². The van der Waals surface area contributed by atoms with Crippen LogP contribution < -0.4 is 21.0 Å². The molecule has 3 fully saturated rings. The van der Waals surface area contributed by atoms with E-state index < -0.39 is 11.2 Å². The van der Waals surface area contributed by atoms with Crippen molar-refractivity contribution in [2.24, 2.45) is 11.8 Å². The van der Waals surface area contributed by atoms with Gasteiger partial charge in [0.05, 0.1) is 5.69 Å². The Kier molecular flexibility index (Phi) is 10.9. The molecule has 10 heteroatoms. The number of anilines is 2. The van der Waals surface area contributed by atoms with E-state index in [9.17, 15) is 19.5 Å². The van der Waals surface area contributed by atoms with E-state index in [1.165, 1.54) is 44.8 Å². The van der Waals surface area contributed by atoms with E-state index in [1.807, 2.05) is 36.4 Å². The van der Waals surface area contributed by atoms with Crippen molar-refractivity contribution in [3.05, 3.63) is 152 Å². The SMILES string of the molecule is O=C(C1CCN(c2ccc([C@@H]3c4ccc(O)cc4CC[C@@H]3c3ccccc3)cc2)CC1)N1CCC(CN2CCN(c3ccc(-n4ccc(=O)[nH]c4=O)cc3)CC2)CC1. The summed E-state index contributed by atoms with van der Waals surface area (Å²) in [5, 5.41) is 10.2. The van der Waals surface area contributed by atoms with Crippen LogP contribution in [-0.2, 0) is 11.2 Å². The third-order valence-corrected chi connectivity index (χ3v) is 13.4. The number of nitrogens with zero attached hydrogens (tertiary/aromatic N) is 5. The molecular formula is C48H54N6O4. The summed E-state index contributed by atoms with van der Waals surface area (Å²) in [5.74, 6) is 2.04. The maximum atomic E-state index is 13.7. The van der Waals surface area contributed by atoms with Crippen LogP contribution in [0.25, 0.3) is 5.69 Å². The second-order valence-electron chi connectivity index (χ2n) is 16.8. The number of piperidine rings is 2. The topological polar surface area (TPSA) is 105 Å². The summed E-state index contributed by atoms with van der Waals surface area (Å²) in [5.41, 5.74) is 7.50. The van der Waals surface area contributed by atoms with Crippen LogP contribution >= 0.6 is 0 Å². The molecule has 10 nitrogen and oxygen atoms in total. The maximum Gasteiger partial charge on any atom is 0.332 e. The lowest BCUT2D eigenvalue weighted by atomic mass is 9.69. The monoisotopic (exact) mass is 778 g/mol. The first-order chi connectivity index (χ1) is 28.4. The first kappa shape index (κ1) is 37.9. The Morgan fingerprint density at radius 3 is 2.00 bits per heavy atom. The lowest BCUT2D eigenvalue weighted by molar-refractivity contribution is -0.137. The minimum absolute atomic E-state index is 0.105. The molecular weight excluding hydrogens is 725 g/mol. The number of likely N-dealkylation sites (tertiary alicyclic amines) is 1. The number of carbonyl (C=O) groups is 1. The third-order valence-electron chi connectivity index (χ3n) is 13.4. The quantitative estimate of drug-likeness (QED) is 0.189. The molecule has 0 bridgehead atoms. The molecule has 0 unspecified atom stereocenters. The van der Waals surface area contributed by atoms with Gasteiger partial charge in [0.25, 0.3) is 5.56 Å². The van der Waals surface area contributed by atoms with Gasteiger partial charge in [0.15, 0.2) is 0 Å². The summed E-state index contributed by atoms with van der Waals surface area (Å²) in [6, 6.07) is 35.2. The lowest BCUT2D eigenvalue weighted by Gasteiger charge is -2.41. The zero-order chi connectivity index (χ0) is 39.6. The number of amides is 1. The Balaban J connectivity index is 0.734. The van der Waals surface area contributed by atoms with Gasteiger partial charge in [-0.15, -0.1) is 0 Å². The van der Waals surface area contributed by atoms with Gasteiger partial charge < -0.3 is 19.8 Å². The number of phenols is 1. The molecule has 0 radical (unpaired) electrons. The standard InChI is InChI=1S/C48H54N6O4/c55-42-15-17-44-38(32-42)8-16-43(35-4-2-1-3-5-35)46(44)36-6-9-39(10-7-36)51-25-20-37(21-26-51)47(57)53-23-18-34(19-24-53)33-50-28-30-52(31-29-50)40-11-13-41(14-12-40)54-27-22-45(56)49-48(54)58/h1-7,9-15,17,22,27,32,34,37,43,46,55H,8,16,18-21,23-26,28-31,33H2,(H,49,56,58)/t43-,46+/m1/s1. The highest BCUT2D eigenvalue weighted by atomic mass is 16.3. The van der Waals surface area contributed by atoms with Gasteiger partial charge in [-0.05, 0) is 121 Å². The second kappa shape index (κ2) is 16.7. The van der Waals surface area contributed by atoms with Crippen LogP contribution in [0.1, 0.15) is 66.2 Å². The van der Waals surface area contributed by atoms with Gasteiger partial charge in [-0.1, -0.05) is 48.5 Å². The summed E-state index contributed by atoms with van der Waals surface area (Å²) in [6.45, 7) is 8.54. The summed E-state index contributed by atoms with van der Waals surface area (Å²) in [7, 11) is 0. The molecule has 58 heavy (non-hydrogen) atoms. The largest absolute Gasteiger partial charge is 0.508 e.